The highest BCUT2D eigenvalue weighted by molar-refractivity contribution is 5.25. The highest BCUT2D eigenvalue weighted by Gasteiger charge is 2.03. The van der Waals surface area contributed by atoms with E-state index in [2.05, 4.69) is 25.4 Å². The second-order valence-corrected chi connectivity index (χ2v) is 7.96. The molecule has 0 fully saturated rings. The third kappa shape index (κ3) is 17.1. The van der Waals surface area contributed by atoms with Crippen LogP contribution in [-0.4, -0.2) is 29.4 Å². The van der Waals surface area contributed by atoms with Crippen LogP contribution in [0.3, 0.4) is 0 Å². The molecule has 0 aromatic carbocycles. The second kappa shape index (κ2) is 20.7. The Kier molecular flexibility index (Phi) is 19.9. The van der Waals surface area contributed by atoms with Crippen molar-refractivity contribution in [1.29, 1.82) is 0 Å². The maximum atomic E-state index is 10.0. The van der Waals surface area contributed by atoms with E-state index in [1.165, 1.54) is 76.7 Å². The zero-order valence-electron chi connectivity index (χ0n) is 18.6. The normalized spacial score (nSPS) is 13.2. The molecule has 0 aliphatic heterocycles. The first kappa shape index (κ1) is 26.9. The van der Waals surface area contributed by atoms with E-state index in [1.807, 2.05) is 0 Å². The molecular formula is C25H47NO2. The van der Waals surface area contributed by atoms with Gasteiger partial charge in [-0.25, -0.2) is 0 Å². The Morgan fingerprint density at radius 1 is 0.821 bits per heavy atom. The smallest absolute Gasteiger partial charge is 0.118 e. The van der Waals surface area contributed by atoms with Crippen molar-refractivity contribution in [3.63, 3.8) is 0 Å². The van der Waals surface area contributed by atoms with Crippen molar-refractivity contribution in [2.24, 2.45) is 0 Å². The van der Waals surface area contributed by atoms with Crippen LogP contribution in [0, 0.1) is 0 Å². The molecule has 0 saturated heterocycles. The molecule has 0 aliphatic rings. The van der Waals surface area contributed by atoms with E-state index >= 15 is 0 Å². The fourth-order valence-corrected chi connectivity index (χ4v) is 3.45. The van der Waals surface area contributed by atoms with Gasteiger partial charge in [-0.3, -0.25) is 0 Å². The second-order valence-electron chi connectivity index (χ2n) is 7.96. The fraction of sp³-hybridized carbons (Fsp3) is 0.760. The summed E-state index contributed by atoms with van der Waals surface area (Å²) in [7, 11) is 0. The molecule has 0 amide bonds. The van der Waals surface area contributed by atoms with Gasteiger partial charge in [-0.05, 0) is 43.9 Å². The van der Waals surface area contributed by atoms with Crippen LogP contribution in [0.1, 0.15) is 103 Å². The summed E-state index contributed by atoms with van der Waals surface area (Å²) in [5.74, 6) is 0.259. The van der Waals surface area contributed by atoms with E-state index in [4.69, 9.17) is 0 Å². The quantitative estimate of drug-likeness (QED) is 0.112. The van der Waals surface area contributed by atoms with E-state index in [0.29, 0.717) is 0 Å². The lowest BCUT2D eigenvalue weighted by molar-refractivity contribution is 0.158. The van der Waals surface area contributed by atoms with Gasteiger partial charge in [0.2, 0.25) is 0 Å². The van der Waals surface area contributed by atoms with Crippen molar-refractivity contribution in [2.75, 3.05) is 13.1 Å². The molecule has 1 unspecified atom stereocenters. The summed E-state index contributed by atoms with van der Waals surface area (Å²) in [5, 5.41) is 23.1. The van der Waals surface area contributed by atoms with Crippen LogP contribution in [0.4, 0.5) is 0 Å². The van der Waals surface area contributed by atoms with E-state index in [0.717, 1.165) is 44.3 Å². The maximum Gasteiger partial charge on any atom is 0.118 e. The minimum absolute atomic E-state index is 0.193. The number of hydrogen-bond donors (Lipinski definition) is 3. The molecule has 3 nitrogen and oxygen atoms in total. The first-order valence-corrected chi connectivity index (χ1v) is 11.7. The van der Waals surface area contributed by atoms with Crippen LogP contribution in [0.15, 0.2) is 36.6 Å². The van der Waals surface area contributed by atoms with Crippen molar-refractivity contribution in [1.82, 2.24) is 5.32 Å². The summed E-state index contributed by atoms with van der Waals surface area (Å²) in [6, 6.07) is 0. The zero-order chi connectivity index (χ0) is 20.9. The first-order chi connectivity index (χ1) is 13.7. The van der Waals surface area contributed by atoms with Gasteiger partial charge < -0.3 is 15.5 Å². The largest absolute Gasteiger partial charge is 0.508 e. The Morgan fingerprint density at radius 2 is 1.39 bits per heavy atom. The molecule has 1 atom stereocenters. The average molecular weight is 394 g/mol. The molecule has 3 N–H and O–H groups in total. The Bertz CT molecular complexity index is 403. The molecule has 0 spiro atoms. The standard InChI is InChI=1S/C25H47NO2/c1-4-7-8-9-15-18-21-26-22-24(27)20-17-14-12-10-11-13-16-19-23(5-2)25(28)6-3/h5-6,24,26-28H,2-4,7-22H2,1H3/b25-23-. The van der Waals surface area contributed by atoms with Crippen molar-refractivity contribution in [3.05, 3.63) is 36.6 Å². The molecule has 0 aromatic rings. The van der Waals surface area contributed by atoms with Gasteiger partial charge in [0.25, 0.3) is 0 Å². The lowest BCUT2D eigenvalue weighted by atomic mass is 10.0. The lowest BCUT2D eigenvalue weighted by Crippen LogP contribution is -2.27. The van der Waals surface area contributed by atoms with Gasteiger partial charge in [0.15, 0.2) is 0 Å². The van der Waals surface area contributed by atoms with Crippen molar-refractivity contribution < 1.29 is 10.2 Å². The van der Waals surface area contributed by atoms with E-state index < -0.39 is 0 Å². The molecule has 28 heavy (non-hydrogen) atoms. The Morgan fingerprint density at radius 3 is 2.00 bits per heavy atom. The van der Waals surface area contributed by atoms with Gasteiger partial charge in [0.1, 0.15) is 5.76 Å². The molecule has 0 bridgehead atoms. The van der Waals surface area contributed by atoms with Crippen LogP contribution < -0.4 is 5.32 Å². The van der Waals surface area contributed by atoms with E-state index in [1.54, 1.807) is 6.08 Å². The van der Waals surface area contributed by atoms with Crippen LogP contribution >= 0.6 is 0 Å². The Balaban J connectivity index is 3.37. The Hall–Kier alpha value is -1.06. The third-order valence-corrected chi connectivity index (χ3v) is 5.34. The highest BCUT2D eigenvalue weighted by atomic mass is 16.3. The van der Waals surface area contributed by atoms with Crippen LogP contribution in [0.5, 0.6) is 0 Å². The fourth-order valence-electron chi connectivity index (χ4n) is 3.45. The summed E-state index contributed by atoms with van der Waals surface area (Å²) < 4.78 is 0. The lowest BCUT2D eigenvalue weighted by Gasteiger charge is -2.11. The van der Waals surface area contributed by atoms with Crippen LogP contribution in [-0.2, 0) is 0 Å². The third-order valence-electron chi connectivity index (χ3n) is 5.34. The number of aliphatic hydroxyl groups excluding tert-OH is 2. The van der Waals surface area contributed by atoms with Crippen LogP contribution in [0.2, 0.25) is 0 Å². The molecule has 0 radical (unpaired) electrons. The first-order valence-electron chi connectivity index (χ1n) is 11.7. The molecule has 0 heterocycles. The summed E-state index contributed by atoms with van der Waals surface area (Å²) in [6.45, 7) is 11.4. The molecular weight excluding hydrogens is 346 g/mol. The van der Waals surface area contributed by atoms with Gasteiger partial charge >= 0.3 is 0 Å². The van der Waals surface area contributed by atoms with E-state index in [9.17, 15) is 10.2 Å². The summed E-state index contributed by atoms with van der Waals surface area (Å²) >= 11 is 0. The number of rotatable bonds is 21. The number of unbranched alkanes of at least 4 members (excludes halogenated alkanes) is 11. The monoisotopic (exact) mass is 393 g/mol. The number of nitrogens with one attached hydrogen (secondary N) is 1. The molecule has 0 aromatic heterocycles. The molecule has 3 heteroatoms. The van der Waals surface area contributed by atoms with Crippen molar-refractivity contribution in [2.45, 2.75) is 109 Å². The van der Waals surface area contributed by atoms with Gasteiger partial charge in [0, 0.05) is 6.54 Å². The predicted molar refractivity (Wildman–Crippen MR) is 124 cm³/mol. The summed E-state index contributed by atoms with van der Waals surface area (Å²) in [4.78, 5) is 0. The van der Waals surface area contributed by atoms with Crippen LogP contribution in [0.25, 0.3) is 0 Å². The highest BCUT2D eigenvalue weighted by Crippen LogP contribution is 2.16. The molecule has 0 saturated carbocycles. The average Bonchev–Trinajstić information content (AvgIpc) is 2.71. The minimum atomic E-state index is -0.193. The number of allylic oxidation sites excluding steroid dienone is 3. The van der Waals surface area contributed by atoms with Gasteiger partial charge in [-0.1, -0.05) is 96.8 Å². The SMILES string of the molecule is C=C/C(O)=C(\C=C)CCCCCCCCCC(O)CNCCCCCCCC. The maximum absolute atomic E-state index is 10.0. The minimum Gasteiger partial charge on any atom is -0.508 e. The summed E-state index contributed by atoms with van der Waals surface area (Å²) in [6.07, 6.45) is 21.1. The van der Waals surface area contributed by atoms with Crippen molar-refractivity contribution in [3.8, 4) is 0 Å². The zero-order valence-corrected chi connectivity index (χ0v) is 18.6. The van der Waals surface area contributed by atoms with Gasteiger partial charge in [-0.15, -0.1) is 0 Å². The topological polar surface area (TPSA) is 52.5 Å². The van der Waals surface area contributed by atoms with Gasteiger partial charge in [-0.2, -0.15) is 0 Å². The van der Waals surface area contributed by atoms with Crippen molar-refractivity contribution >= 4 is 0 Å². The molecule has 164 valence electrons. The van der Waals surface area contributed by atoms with E-state index in [-0.39, 0.29) is 11.9 Å². The molecule has 0 aliphatic carbocycles. The summed E-state index contributed by atoms with van der Waals surface area (Å²) in [5.41, 5.74) is 0.897. The number of hydrogen-bond acceptors (Lipinski definition) is 3. The molecule has 0 rings (SSSR count). The van der Waals surface area contributed by atoms with Gasteiger partial charge in [0.05, 0.1) is 6.10 Å². The number of aliphatic hydroxyl groups is 2. The predicted octanol–water partition coefficient (Wildman–Crippen LogP) is 6.99. The Labute approximate surface area is 175 Å².